The van der Waals surface area contributed by atoms with Crippen LogP contribution in [0.1, 0.15) is 0 Å². The van der Waals surface area contributed by atoms with Gasteiger partial charge in [0.15, 0.2) is 5.82 Å². The Hall–Kier alpha value is -2.31. The minimum absolute atomic E-state index is 0.0141. The van der Waals surface area contributed by atoms with Crippen molar-refractivity contribution >= 4 is 34.8 Å². The highest BCUT2D eigenvalue weighted by Gasteiger charge is 2.06. The zero-order valence-electron chi connectivity index (χ0n) is 11.0. The molecule has 0 aliphatic rings. The quantitative estimate of drug-likeness (QED) is 0.729. The van der Waals surface area contributed by atoms with E-state index in [1.165, 1.54) is 24.5 Å². The zero-order valence-corrected chi connectivity index (χ0v) is 12.5. The van der Waals surface area contributed by atoms with E-state index in [-0.39, 0.29) is 5.02 Å². The highest BCUT2D eigenvalue weighted by molar-refractivity contribution is 6.31. The molecular weight excluding hydrogens is 328 g/mol. The Bertz CT molecular complexity index is 828. The number of aromatic nitrogens is 4. The van der Waals surface area contributed by atoms with Crippen molar-refractivity contribution in [2.24, 2.45) is 0 Å². The number of anilines is 2. The molecule has 0 atom stereocenters. The lowest BCUT2D eigenvalue weighted by Crippen LogP contribution is -2.00. The number of hydrogen-bond acceptors (Lipinski definition) is 5. The van der Waals surface area contributed by atoms with Crippen LogP contribution in [-0.4, -0.2) is 19.9 Å². The molecule has 110 valence electrons. The first kappa shape index (κ1) is 14.6. The monoisotopic (exact) mass is 335 g/mol. The summed E-state index contributed by atoms with van der Waals surface area (Å²) >= 11 is 11.6. The van der Waals surface area contributed by atoms with Gasteiger partial charge >= 0.3 is 0 Å². The van der Waals surface area contributed by atoms with Crippen molar-refractivity contribution in [1.82, 2.24) is 19.9 Å². The van der Waals surface area contributed by atoms with Gasteiger partial charge in [0.25, 0.3) is 0 Å². The standard InChI is InChI=1S/C14H8Cl2FN5/c15-10-6-9(1-2-11(10)17)21-14-20-7-19-13(22-14)8-3-4-18-12(16)5-8/h1-7H,(H,19,20,21,22). The third-order valence-electron chi connectivity index (χ3n) is 2.73. The molecule has 0 aliphatic heterocycles. The van der Waals surface area contributed by atoms with Gasteiger partial charge in [0, 0.05) is 17.4 Å². The van der Waals surface area contributed by atoms with Gasteiger partial charge in [-0.25, -0.2) is 19.3 Å². The van der Waals surface area contributed by atoms with Gasteiger partial charge in [-0.1, -0.05) is 23.2 Å². The Morgan fingerprint density at radius 3 is 2.64 bits per heavy atom. The number of nitrogens with one attached hydrogen (secondary N) is 1. The average molecular weight is 336 g/mol. The highest BCUT2D eigenvalue weighted by atomic mass is 35.5. The van der Waals surface area contributed by atoms with Crippen molar-refractivity contribution in [3.8, 4) is 11.4 Å². The second kappa shape index (κ2) is 6.21. The molecule has 1 aromatic carbocycles. The first-order valence-corrected chi connectivity index (χ1v) is 6.90. The molecule has 0 amide bonds. The fraction of sp³-hybridized carbons (Fsp3) is 0. The van der Waals surface area contributed by atoms with E-state index < -0.39 is 5.82 Å². The van der Waals surface area contributed by atoms with Crippen molar-refractivity contribution in [2.45, 2.75) is 0 Å². The van der Waals surface area contributed by atoms with Gasteiger partial charge in [0.1, 0.15) is 17.3 Å². The SMILES string of the molecule is Fc1ccc(Nc2ncnc(-c3ccnc(Cl)c3)n2)cc1Cl. The number of pyridine rings is 1. The molecule has 0 radical (unpaired) electrons. The molecule has 3 aromatic rings. The number of hydrogen-bond donors (Lipinski definition) is 1. The second-order valence-electron chi connectivity index (χ2n) is 4.25. The van der Waals surface area contributed by atoms with E-state index in [1.54, 1.807) is 18.3 Å². The fourth-order valence-corrected chi connectivity index (χ4v) is 2.09. The largest absolute Gasteiger partial charge is 0.324 e. The summed E-state index contributed by atoms with van der Waals surface area (Å²) in [5, 5.41) is 3.29. The van der Waals surface area contributed by atoms with Gasteiger partial charge in [0.05, 0.1) is 5.02 Å². The minimum Gasteiger partial charge on any atom is -0.324 e. The smallest absolute Gasteiger partial charge is 0.230 e. The molecule has 22 heavy (non-hydrogen) atoms. The molecule has 5 nitrogen and oxygen atoms in total. The van der Waals surface area contributed by atoms with Crippen LogP contribution < -0.4 is 5.32 Å². The van der Waals surface area contributed by atoms with Gasteiger partial charge in [-0.3, -0.25) is 0 Å². The molecule has 0 saturated carbocycles. The lowest BCUT2D eigenvalue weighted by atomic mass is 10.2. The molecule has 0 unspecified atom stereocenters. The van der Waals surface area contributed by atoms with Crippen molar-refractivity contribution in [3.63, 3.8) is 0 Å². The summed E-state index contributed by atoms with van der Waals surface area (Å²) in [6.45, 7) is 0. The van der Waals surface area contributed by atoms with Crippen LogP contribution in [0.15, 0.2) is 42.9 Å². The molecule has 3 rings (SSSR count). The van der Waals surface area contributed by atoms with Crippen LogP contribution in [0, 0.1) is 5.82 Å². The average Bonchev–Trinajstić information content (AvgIpc) is 2.51. The van der Waals surface area contributed by atoms with Crippen LogP contribution in [-0.2, 0) is 0 Å². The summed E-state index contributed by atoms with van der Waals surface area (Å²) in [5.41, 5.74) is 1.28. The highest BCUT2D eigenvalue weighted by Crippen LogP contribution is 2.22. The lowest BCUT2D eigenvalue weighted by molar-refractivity contribution is 0.628. The Kier molecular flexibility index (Phi) is 4.13. The topological polar surface area (TPSA) is 63.6 Å². The van der Waals surface area contributed by atoms with E-state index in [4.69, 9.17) is 23.2 Å². The van der Waals surface area contributed by atoms with Crippen LogP contribution in [0.2, 0.25) is 10.2 Å². The Morgan fingerprint density at radius 2 is 1.86 bits per heavy atom. The number of nitrogens with zero attached hydrogens (tertiary/aromatic N) is 4. The molecule has 8 heteroatoms. The molecule has 0 bridgehead atoms. The minimum atomic E-state index is -0.491. The van der Waals surface area contributed by atoms with Crippen LogP contribution in [0.25, 0.3) is 11.4 Å². The maximum atomic E-state index is 13.1. The van der Waals surface area contributed by atoms with Gasteiger partial charge in [-0.2, -0.15) is 4.98 Å². The Balaban J connectivity index is 1.89. The normalized spacial score (nSPS) is 10.5. The van der Waals surface area contributed by atoms with E-state index >= 15 is 0 Å². The summed E-state index contributed by atoms with van der Waals surface area (Å²) in [4.78, 5) is 16.3. The maximum Gasteiger partial charge on any atom is 0.230 e. The van der Waals surface area contributed by atoms with Crippen LogP contribution in [0.3, 0.4) is 0 Å². The molecular formula is C14H8Cl2FN5. The van der Waals surface area contributed by atoms with Crippen LogP contribution in [0.4, 0.5) is 16.0 Å². The van der Waals surface area contributed by atoms with Crippen molar-refractivity contribution < 1.29 is 4.39 Å². The number of benzene rings is 1. The molecule has 1 N–H and O–H groups in total. The number of halogens is 3. The predicted octanol–water partition coefficient (Wildman–Crippen LogP) is 4.12. The van der Waals surface area contributed by atoms with E-state index in [0.717, 1.165) is 0 Å². The summed E-state index contributed by atoms with van der Waals surface area (Å²) in [6.07, 6.45) is 2.93. The Morgan fingerprint density at radius 1 is 1.00 bits per heavy atom. The van der Waals surface area contributed by atoms with E-state index in [0.29, 0.717) is 28.2 Å². The molecule has 2 heterocycles. The summed E-state index contributed by atoms with van der Waals surface area (Å²) in [5.74, 6) is 0.255. The lowest BCUT2D eigenvalue weighted by Gasteiger charge is -2.06. The van der Waals surface area contributed by atoms with E-state index in [9.17, 15) is 4.39 Å². The van der Waals surface area contributed by atoms with Gasteiger partial charge in [0.2, 0.25) is 5.95 Å². The maximum absolute atomic E-state index is 13.1. The molecule has 2 aromatic heterocycles. The fourth-order valence-electron chi connectivity index (χ4n) is 1.74. The van der Waals surface area contributed by atoms with Crippen molar-refractivity contribution in [2.75, 3.05) is 5.32 Å². The van der Waals surface area contributed by atoms with E-state index in [2.05, 4.69) is 25.3 Å². The molecule has 0 spiro atoms. The predicted molar refractivity (Wildman–Crippen MR) is 82.8 cm³/mol. The second-order valence-corrected chi connectivity index (χ2v) is 5.05. The molecule has 0 saturated heterocycles. The summed E-state index contributed by atoms with van der Waals surface area (Å²) < 4.78 is 13.1. The first-order valence-electron chi connectivity index (χ1n) is 6.15. The van der Waals surface area contributed by atoms with Crippen LogP contribution >= 0.6 is 23.2 Å². The van der Waals surface area contributed by atoms with Crippen molar-refractivity contribution in [3.05, 3.63) is 58.8 Å². The van der Waals surface area contributed by atoms with Gasteiger partial charge in [-0.15, -0.1) is 0 Å². The first-order chi connectivity index (χ1) is 10.6. The van der Waals surface area contributed by atoms with Gasteiger partial charge < -0.3 is 5.32 Å². The Labute approximate surface area is 135 Å². The summed E-state index contributed by atoms with van der Waals surface area (Å²) in [6, 6.07) is 7.63. The molecule has 0 aliphatic carbocycles. The van der Waals surface area contributed by atoms with Gasteiger partial charge in [-0.05, 0) is 30.3 Å². The van der Waals surface area contributed by atoms with E-state index in [1.807, 2.05) is 0 Å². The van der Waals surface area contributed by atoms with Crippen LogP contribution in [0.5, 0.6) is 0 Å². The number of rotatable bonds is 3. The van der Waals surface area contributed by atoms with Crippen molar-refractivity contribution in [1.29, 1.82) is 0 Å². The zero-order chi connectivity index (χ0) is 15.5. The third-order valence-corrected chi connectivity index (χ3v) is 3.23. The third kappa shape index (κ3) is 3.29. The molecule has 0 fully saturated rings. The summed E-state index contributed by atoms with van der Waals surface area (Å²) in [7, 11) is 0.